The van der Waals surface area contributed by atoms with Crippen molar-refractivity contribution in [1.29, 1.82) is 0 Å². The van der Waals surface area contributed by atoms with Crippen LogP contribution < -0.4 is 5.32 Å². The number of hydrogen-bond donors (Lipinski definition) is 2. The van der Waals surface area contributed by atoms with Crippen LogP contribution in [-0.4, -0.2) is 17.1 Å². The van der Waals surface area contributed by atoms with Crippen LogP contribution in [0.25, 0.3) is 0 Å². The van der Waals surface area contributed by atoms with Crippen LogP contribution in [0, 0.1) is 12.3 Å². The second-order valence-electron chi connectivity index (χ2n) is 3.03. The molecule has 0 fully saturated rings. The average molecular weight is 268 g/mol. The van der Waals surface area contributed by atoms with Crippen molar-refractivity contribution in [1.82, 2.24) is 0 Å². The molecular weight excluding hydrogens is 258 g/mol. The number of rotatable bonds is 3. The molecule has 0 aromatic heterocycles. The highest BCUT2D eigenvalue weighted by atomic mass is 79.9. The van der Waals surface area contributed by atoms with Crippen molar-refractivity contribution in [2.45, 2.75) is 13.0 Å². The number of carboxylic acid groups (broad SMARTS) is 1. The predicted molar refractivity (Wildman–Crippen MR) is 63.0 cm³/mol. The minimum absolute atomic E-state index is 0.209. The summed E-state index contributed by atoms with van der Waals surface area (Å²) in [5.41, 5.74) is 0.725. The van der Waals surface area contributed by atoms with E-state index < -0.39 is 5.97 Å². The highest BCUT2D eigenvalue weighted by molar-refractivity contribution is 9.10. The molecule has 3 nitrogen and oxygen atoms in total. The van der Waals surface area contributed by atoms with Crippen LogP contribution in [-0.2, 0) is 0 Å². The van der Waals surface area contributed by atoms with Gasteiger partial charge in [-0.15, -0.1) is 6.42 Å². The molecule has 78 valence electrons. The number of carbonyl (C=O) groups is 1. The van der Waals surface area contributed by atoms with Crippen molar-refractivity contribution in [2.24, 2.45) is 0 Å². The summed E-state index contributed by atoms with van der Waals surface area (Å²) in [5, 5.41) is 11.9. The summed E-state index contributed by atoms with van der Waals surface area (Å²) >= 11 is 3.27. The highest BCUT2D eigenvalue weighted by Crippen LogP contribution is 2.22. The van der Waals surface area contributed by atoms with E-state index in [9.17, 15) is 4.79 Å². The number of benzene rings is 1. The van der Waals surface area contributed by atoms with E-state index in [0.29, 0.717) is 5.69 Å². The Morgan fingerprint density at radius 2 is 2.33 bits per heavy atom. The highest BCUT2D eigenvalue weighted by Gasteiger charge is 2.11. The van der Waals surface area contributed by atoms with E-state index in [1.54, 1.807) is 19.1 Å². The Morgan fingerprint density at radius 1 is 1.67 bits per heavy atom. The molecule has 0 aliphatic heterocycles. The molecule has 15 heavy (non-hydrogen) atoms. The van der Waals surface area contributed by atoms with Gasteiger partial charge < -0.3 is 10.4 Å². The van der Waals surface area contributed by atoms with Crippen LogP contribution in [0.4, 0.5) is 5.69 Å². The topological polar surface area (TPSA) is 49.3 Å². The molecule has 1 rings (SSSR count). The van der Waals surface area contributed by atoms with E-state index in [2.05, 4.69) is 27.2 Å². The number of hydrogen-bond acceptors (Lipinski definition) is 2. The zero-order valence-electron chi connectivity index (χ0n) is 8.12. The summed E-state index contributed by atoms with van der Waals surface area (Å²) in [6, 6.07) is 4.68. The first-order chi connectivity index (χ1) is 7.04. The van der Waals surface area contributed by atoms with Gasteiger partial charge >= 0.3 is 5.97 Å². The molecule has 2 N–H and O–H groups in total. The molecule has 0 saturated carbocycles. The third kappa shape index (κ3) is 3.00. The van der Waals surface area contributed by atoms with Crippen molar-refractivity contribution in [3.05, 3.63) is 28.2 Å². The first-order valence-corrected chi connectivity index (χ1v) is 5.09. The predicted octanol–water partition coefficient (Wildman–Crippen LogP) is 2.58. The summed E-state index contributed by atoms with van der Waals surface area (Å²) in [4.78, 5) is 10.9. The van der Waals surface area contributed by atoms with Gasteiger partial charge in [0, 0.05) is 4.47 Å². The lowest BCUT2D eigenvalue weighted by Gasteiger charge is -2.12. The van der Waals surface area contributed by atoms with Gasteiger partial charge in [0.2, 0.25) is 0 Å². The fourth-order valence-corrected chi connectivity index (χ4v) is 1.46. The monoisotopic (exact) mass is 267 g/mol. The average Bonchev–Trinajstić information content (AvgIpc) is 2.17. The molecule has 0 bridgehead atoms. The van der Waals surface area contributed by atoms with Crippen LogP contribution in [0.3, 0.4) is 0 Å². The normalized spacial score (nSPS) is 11.5. The lowest BCUT2D eigenvalue weighted by atomic mass is 10.1. The van der Waals surface area contributed by atoms with Gasteiger partial charge in [0.15, 0.2) is 0 Å². The van der Waals surface area contributed by atoms with E-state index in [-0.39, 0.29) is 11.6 Å². The molecule has 0 aliphatic rings. The quantitative estimate of drug-likeness (QED) is 0.828. The second kappa shape index (κ2) is 4.85. The summed E-state index contributed by atoms with van der Waals surface area (Å²) in [6.07, 6.45) is 5.21. The Morgan fingerprint density at radius 3 is 2.87 bits per heavy atom. The van der Waals surface area contributed by atoms with Crippen molar-refractivity contribution in [2.75, 3.05) is 5.32 Å². The van der Waals surface area contributed by atoms with Crippen molar-refractivity contribution in [3.63, 3.8) is 0 Å². The molecule has 4 heteroatoms. The number of anilines is 1. The van der Waals surface area contributed by atoms with Crippen molar-refractivity contribution in [3.8, 4) is 12.3 Å². The van der Waals surface area contributed by atoms with E-state index >= 15 is 0 Å². The molecule has 1 unspecified atom stereocenters. The van der Waals surface area contributed by atoms with Gasteiger partial charge in [-0.25, -0.2) is 4.79 Å². The van der Waals surface area contributed by atoms with E-state index in [1.807, 2.05) is 0 Å². The molecule has 1 atom stereocenters. The van der Waals surface area contributed by atoms with E-state index in [0.717, 1.165) is 4.47 Å². The van der Waals surface area contributed by atoms with Gasteiger partial charge in [-0.2, -0.15) is 0 Å². The van der Waals surface area contributed by atoms with Gasteiger partial charge in [-0.3, -0.25) is 0 Å². The van der Waals surface area contributed by atoms with Crippen LogP contribution in [0.1, 0.15) is 17.3 Å². The van der Waals surface area contributed by atoms with Gasteiger partial charge in [0.25, 0.3) is 0 Å². The maximum atomic E-state index is 10.9. The first kappa shape index (κ1) is 11.6. The lowest BCUT2D eigenvalue weighted by molar-refractivity contribution is 0.0698. The van der Waals surface area contributed by atoms with Crippen LogP contribution in [0.5, 0.6) is 0 Å². The third-order valence-corrected chi connectivity index (χ3v) is 2.33. The lowest BCUT2D eigenvalue weighted by Crippen LogP contribution is -2.15. The molecule has 0 heterocycles. The Labute approximate surface area is 96.6 Å². The molecule has 0 saturated heterocycles. The Balaban J connectivity index is 3.08. The van der Waals surface area contributed by atoms with Crippen LogP contribution in [0.2, 0.25) is 0 Å². The smallest absolute Gasteiger partial charge is 0.337 e. The number of terminal acetylenes is 1. The minimum Gasteiger partial charge on any atom is -0.478 e. The third-order valence-electron chi connectivity index (χ3n) is 1.83. The fourth-order valence-electron chi connectivity index (χ4n) is 1.10. The Bertz CT molecular complexity index is 423. The fraction of sp³-hybridized carbons (Fsp3) is 0.182. The molecule has 0 spiro atoms. The number of halogens is 1. The van der Waals surface area contributed by atoms with Crippen molar-refractivity contribution >= 4 is 27.6 Å². The zero-order valence-corrected chi connectivity index (χ0v) is 9.71. The largest absolute Gasteiger partial charge is 0.478 e. The summed E-state index contributed by atoms with van der Waals surface area (Å²) < 4.78 is 0.805. The van der Waals surface area contributed by atoms with Gasteiger partial charge in [-0.1, -0.05) is 21.9 Å². The molecular formula is C11H10BrNO2. The summed E-state index contributed by atoms with van der Waals surface area (Å²) in [6.45, 7) is 1.78. The first-order valence-electron chi connectivity index (χ1n) is 4.30. The number of nitrogens with one attached hydrogen (secondary N) is 1. The standard InChI is InChI=1S/C11H10BrNO2/c1-3-7(2)13-10-6-8(12)4-5-9(10)11(14)15/h1,4-7,13H,2H3,(H,14,15). The molecule has 1 aromatic carbocycles. The Hall–Kier alpha value is -1.47. The Kier molecular flexibility index (Phi) is 3.75. The number of carboxylic acids is 1. The summed E-state index contributed by atoms with van der Waals surface area (Å²) in [5.74, 6) is 1.50. The second-order valence-corrected chi connectivity index (χ2v) is 3.94. The molecule has 0 aliphatic carbocycles. The van der Waals surface area contributed by atoms with E-state index in [1.165, 1.54) is 6.07 Å². The minimum atomic E-state index is -0.978. The van der Waals surface area contributed by atoms with Gasteiger partial charge in [0.05, 0.1) is 17.3 Å². The van der Waals surface area contributed by atoms with E-state index in [4.69, 9.17) is 11.5 Å². The van der Waals surface area contributed by atoms with Crippen LogP contribution >= 0.6 is 15.9 Å². The maximum absolute atomic E-state index is 10.9. The van der Waals surface area contributed by atoms with Crippen LogP contribution in [0.15, 0.2) is 22.7 Å². The summed E-state index contributed by atoms with van der Waals surface area (Å²) in [7, 11) is 0. The zero-order chi connectivity index (χ0) is 11.4. The molecule has 0 radical (unpaired) electrons. The molecule has 1 aromatic rings. The number of aromatic carboxylic acids is 1. The maximum Gasteiger partial charge on any atom is 0.337 e. The van der Waals surface area contributed by atoms with Gasteiger partial charge in [0.1, 0.15) is 0 Å². The molecule has 0 amide bonds. The SMILES string of the molecule is C#CC(C)Nc1cc(Br)ccc1C(=O)O. The van der Waals surface area contributed by atoms with Gasteiger partial charge in [-0.05, 0) is 25.1 Å². The van der Waals surface area contributed by atoms with Crippen molar-refractivity contribution < 1.29 is 9.90 Å².